The molecular formula is C34H29N3O4. The highest BCUT2D eigenvalue weighted by atomic mass is 16.5. The highest BCUT2D eigenvalue weighted by Gasteiger charge is 2.61. The van der Waals surface area contributed by atoms with Gasteiger partial charge in [0.25, 0.3) is 11.8 Å². The van der Waals surface area contributed by atoms with Crippen LogP contribution in [0.4, 0.5) is 0 Å². The van der Waals surface area contributed by atoms with E-state index in [0.717, 1.165) is 49.9 Å². The normalized spacial score (nSPS) is 22.2. The fraction of sp³-hybridized carbons (Fsp3) is 0.235. The fourth-order valence-electron chi connectivity index (χ4n) is 7.20. The molecule has 3 aromatic carbocycles. The fourth-order valence-corrected chi connectivity index (χ4v) is 7.20. The summed E-state index contributed by atoms with van der Waals surface area (Å²) in [6.07, 6.45) is 1.60. The van der Waals surface area contributed by atoms with Crippen molar-refractivity contribution in [3.05, 3.63) is 124 Å². The average molecular weight is 544 g/mol. The summed E-state index contributed by atoms with van der Waals surface area (Å²) in [4.78, 5) is 40.0. The van der Waals surface area contributed by atoms with Gasteiger partial charge in [0.1, 0.15) is 0 Å². The van der Waals surface area contributed by atoms with E-state index in [-0.39, 0.29) is 29.6 Å². The van der Waals surface area contributed by atoms with Crippen LogP contribution >= 0.6 is 0 Å². The number of hydrazone groups is 1. The Morgan fingerprint density at radius 1 is 0.829 bits per heavy atom. The van der Waals surface area contributed by atoms with Gasteiger partial charge < -0.3 is 9.30 Å². The zero-order chi connectivity index (χ0) is 28.4. The van der Waals surface area contributed by atoms with E-state index in [4.69, 9.17) is 4.74 Å². The van der Waals surface area contributed by atoms with Crippen molar-refractivity contribution in [3.8, 4) is 5.69 Å². The summed E-state index contributed by atoms with van der Waals surface area (Å²) in [5.74, 6) is -2.11. The number of imide groups is 1. The predicted octanol–water partition coefficient (Wildman–Crippen LogP) is 5.50. The first kappa shape index (κ1) is 25.2. The summed E-state index contributed by atoms with van der Waals surface area (Å²) in [6, 6.07) is 25.6. The Hall–Kier alpha value is -4.78. The van der Waals surface area contributed by atoms with E-state index in [1.165, 1.54) is 0 Å². The Kier molecular flexibility index (Phi) is 5.78. The van der Waals surface area contributed by atoms with Crippen molar-refractivity contribution in [1.82, 2.24) is 9.58 Å². The third-order valence-corrected chi connectivity index (χ3v) is 8.82. The Balaban J connectivity index is 1.22. The van der Waals surface area contributed by atoms with E-state index < -0.39 is 11.8 Å². The summed E-state index contributed by atoms with van der Waals surface area (Å²) in [5.41, 5.74) is 8.43. The number of carbonyl (C=O) groups excluding carboxylic acids is 3. The number of carbonyl (C=O) groups is 3. The molecule has 7 nitrogen and oxygen atoms in total. The van der Waals surface area contributed by atoms with Crippen molar-refractivity contribution in [3.63, 3.8) is 0 Å². The van der Waals surface area contributed by atoms with Gasteiger partial charge in [0.05, 0.1) is 30.2 Å². The van der Waals surface area contributed by atoms with Gasteiger partial charge in [0.15, 0.2) is 0 Å². The van der Waals surface area contributed by atoms with Crippen molar-refractivity contribution in [1.29, 1.82) is 0 Å². The van der Waals surface area contributed by atoms with Crippen LogP contribution in [0.3, 0.4) is 0 Å². The van der Waals surface area contributed by atoms with E-state index in [1.807, 2.05) is 60.9 Å². The Bertz CT molecular complexity index is 1670. The molecular weight excluding hydrogens is 514 g/mol. The average Bonchev–Trinajstić information content (AvgIpc) is 3.42. The first-order valence-electron chi connectivity index (χ1n) is 14.0. The van der Waals surface area contributed by atoms with E-state index >= 15 is 0 Å². The molecule has 2 atom stereocenters. The molecule has 8 rings (SSSR count). The molecule has 204 valence electrons. The molecule has 4 aromatic rings. The second-order valence-corrected chi connectivity index (χ2v) is 10.9. The van der Waals surface area contributed by atoms with E-state index in [2.05, 4.69) is 29.4 Å². The molecule has 1 aliphatic heterocycles. The smallest absolute Gasteiger partial charge is 0.338 e. The number of rotatable bonds is 5. The molecule has 1 aromatic heterocycles. The van der Waals surface area contributed by atoms with Crippen molar-refractivity contribution in [2.45, 2.75) is 32.6 Å². The Morgan fingerprint density at radius 2 is 1.39 bits per heavy atom. The van der Waals surface area contributed by atoms with Gasteiger partial charge in [-0.25, -0.2) is 4.79 Å². The number of amides is 2. The second-order valence-electron chi connectivity index (χ2n) is 10.9. The van der Waals surface area contributed by atoms with Crippen LogP contribution in [0, 0.1) is 25.7 Å². The van der Waals surface area contributed by atoms with Crippen LogP contribution in [0.15, 0.2) is 84.0 Å². The lowest BCUT2D eigenvalue weighted by atomic mass is 9.55. The van der Waals surface area contributed by atoms with Gasteiger partial charge in [0.2, 0.25) is 0 Å². The van der Waals surface area contributed by atoms with Gasteiger partial charge in [-0.2, -0.15) is 10.1 Å². The van der Waals surface area contributed by atoms with Crippen molar-refractivity contribution < 1.29 is 19.1 Å². The van der Waals surface area contributed by atoms with E-state index in [1.54, 1.807) is 25.3 Å². The van der Waals surface area contributed by atoms with Crippen LogP contribution in [-0.4, -0.2) is 40.2 Å². The van der Waals surface area contributed by atoms with Gasteiger partial charge in [-0.3, -0.25) is 9.59 Å². The molecule has 1 fully saturated rings. The minimum atomic E-state index is -0.465. The summed E-state index contributed by atoms with van der Waals surface area (Å²) in [7, 11) is 0. The molecule has 0 spiro atoms. The molecule has 0 N–H and O–H groups in total. The molecule has 41 heavy (non-hydrogen) atoms. The van der Waals surface area contributed by atoms with Crippen LogP contribution < -0.4 is 0 Å². The molecule has 0 radical (unpaired) electrons. The van der Waals surface area contributed by atoms with Crippen LogP contribution in [0.1, 0.15) is 68.3 Å². The number of ether oxygens (including phenoxy) is 1. The molecule has 3 aliphatic carbocycles. The third kappa shape index (κ3) is 3.65. The maximum atomic E-state index is 13.9. The highest BCUT2D eigenvalue weighted by molar-refractivity contribution is 6.08. The van der Waals surface area contributed by atoms with Crippen LogP contribution in [-0.2, 0) is 14.3 Å². The number of nitrogens with zero attached hydrogens (tertiary/aromatic N) is 3. The number of benzene rings is 3. The zero-order valence-corrected chi connectivity index (χ0v) is 23.1. The van der Waals surface area contributed by atoms with Crippen molar-refractivity contribution >= 4 is 24.0 Å². The molecule has 7 heteroatoms. The molecule has 2 bridgehead atoms. The minimum Gasteiger partial charge on any atom is -0.462 e. The second kappa shape index (κ2) is 9.41. The molecule has 0 saturated carbocycles. The summed E-state index contributed by atoms with van der Waals surface area (Å²) >= 11 is 0. The zero-order valence-electron chi connectivity index (χ0n) is 23.1. The largest absolute Gasteiger partial charge is 0.462 e. The van der Waals surface area contributed by atoms with Crippen molar-refractivity contribution in [2.75, 3.05) is 6.61 Å². The van der Waals surface area contributed by atoms with Crippen LogP contribution in [0.25, 0.3) is 5.69 Å². The summed E-state index contributed by atoms with van der Waals surface area (Å²) in [5, 5.41) is 5.60. The minimum absolute atomic E-state index is 0.161. The molecule has 2 heterocycles. The third-order valence-electron chi connectivity index (χ3n) is 8.82. The van der Waals surface area contributed by atoms with Crippen molar-refractivity contribution in [2.24, 2.45) is 16.9 Å². The van der Waals surface area contributed by atoms with Gasteiger partial charge in [-0.15, -0.1) is 0 Å². The monoisotopic (exact) mass is 543 g/mol. The number of aromatic nitrogens is 1. The molecule has 2 amide bonds. The lowest BCUT2D eigenvalue weighted by molar-refractivity contribution is -0.139. The Morgan fingerprint density at radius 3 is 1.93 bits per heavy atom. The summed E-state index contributed by atoms with van der Waals surface area (Å²) in [6.45, 7) is 6.00. The maximum absolute atomic E-state index is 13.9. The number of aryl methyl sites for hydroxylation is 1. The van der Waals surface area contributed by atoms with Gasteiger partial charge in [-0.05, 0) is 67.3 Å². The van der Waals surface area contributed by atoms with E-state index in [0.29, 0.717) is 12.2 Å². The first-order valence-corrected chi connectivity index (χ1v) is 14.0. The van der Waals surface area contributed by atoms with Gasteiger partial charge in [-0.1, -0.05) is 54.6 Å². The first-order chi connectivity index (χ1) is 19.9. The van der Waals surface area contributed by atoms with Crippen LogP contribution in [0.2, 0.25) is 0 Å². The molecule has 0 unspecified atom stereocenters. The lowest BCUT2D eigenvalue weighted by Crippen LogP contribution is -2.41. The highest BCUT2D eigenvalue weighted by Crippen LogP contribution is 2.60. The topological polar surface area (TPSA) is 81.0 Å². The summed E-state index contributed by atoms with van der Waals surface area (Å²) < 4.78 is 7.18. The maximum Gasteiger partial charge on any atom is 0.338 e. The Labute approximate surface area is 238 Å². The van der Waals surface area contributed by atoms with Gasteiger partial charge in [0, 0.05) is 34.5 Å². The number of hydrogen-bond acceptors (Lipinski definition) is 5. The predicted molar refractivity (Wildman–Crippen MR) is 154 cm³/mol. The SMILES string of the molecule is CCOC(=O)c1cccc(-n2c(C)cc(/C=N\N3C(=O)[C@@H]4C5c6ccccc6C(c6ccccc65)[C@H]4C3=O)c2C)c1. The van der Waals surface area contributed by atoms with E-state index in [9.17, 15) is 14.4 Å². The lowest BCUT2D eigenvalue weighted by Gasteiger charge is -2.45. The van der Waals surface area contributed by atoms with Gasteiger partial charge >= 0.3 is 5.97 Å². The number of esters is 1. The molecule has 1 saturated heterocycles. The standard InChI is InChI=1S/C34H29N3O4/c1-4-41-34(40)21-10-9-11-23(17-21)36-19(2)16-22(20(36)3)18-35-37-32(38)30-28-24-12-5-6-13-25(24)29(31(30)33(37)39)27-15-8-7-14-26(27)28/h5-18,28-31H,4H2,1-3H3/b35-18-/t28?,29?,30-,31-/m1/s1. The number of hydrogen-bond donors (Lipinski definition) is 0. The molecule has 4 aliphatic rings. The van der Waals surface area contributed by atoms with Crippen LogP contribution in [0.5, 0.6) is 0 Å². The quantitative estimate of drug-likeness (QED) is 0.189.